The minimum Gasteiger partial charge on any atom is -0.341 e. The molecule has 0 spiro atoms. The fraction of sp³-hybridized carbons (Fsp3) is 0. The maximum absolute atomic E-state index is 6.03. The van der Waals surface area contributed by atoms with Crippen LogP contribution in [0.15, 0.2) is 58.8 Å². The zero-order chi connectivity index (χ0) is 20.8. The fourth-order valence-corrected chi connectivity index (χ4v) is 4.38. The molecule has 2 N–H and O–H groups in total. The van der Waals surface area contributed by atoms with E-state index in [0.717, 1.165) is 34.9 Å². The van der Waals surface area contributed by atoms with E-state index in [2.05, 4.69) is 25.6 Å². The molecule has 0 radical (unpaired) electrons. The minimum atomic E-state index is 0.0496. The third kappa shape index (κ3) is 7.53. The molecule has 0 bridgehead atoms. The minimum absolute atomic E-state index is 0.0496. The third-order valence-electron chi connectivity index (χ3n) is 3.12. The average molecular weight is 519 g/mol. The molecule has 0 atom stereocenters. The quantitative estimate of drug-likeness (QED) is 0.286. The van der Waals surface area contributed by atoms with Crippen LogP contribution in [-0.2, 0) is 0 Å². The van der Waals surface area contributed by atoms with Gasteiger partial charge in [0.15, 0.2) is 10.3 Å². The average Bonchev–Trinajstić information content (AvgIpc) is 2.65. The molecule has 0 saturated carbocycles. The summed E-state index contributed by atoms with van der Waals surface area (Å²) in [6, 6.07) is 14.3. The first-order valence-corrected chi connectivity index (χ1v) is 11.4. The molecule has 29 heavy (non-hydrogen) atoms. The summed E-state index contributed by atoms with van der Waals surface area (Å²) in [5.74, 6) is 0. The number of thioether (sulfide) groups is 2. The van der Waals surface area contributed by atoms with Crippen molar-refractivity contribution in [3.8, 4) is 0 Å². The molecule has 3 aromatic rings. The third-order valence-corrected chi connectivity index (χ3v) is 5.80. The van der Waals surface area contributed by atoms with Crippen molar-refractivity contribution in [2.45, 2.75) is 10.3 Å². The standard InChI is InChI=1S/C17H10Cl3N5S4/c18-9-1-5-11(6-2-9)21-16(26)28-14-23-13(20)24-15(25-14)29-17(27)22-12-7-3-10(19)4-8-12/h1-8H,(H,21,26)(H,22,27). The van der Waals surface area contributed by atoms with Gasteiger partial charge in [0.25, 0.3) is 0 Å². The second kappa shape index (κ2) is 10.7. The fourth-order valence-electron chi connectivity index (χ4n) is 1.92. The molecule has 3 rings (SSSR count). The number of hydrogen-bond donors (Lipinski definition) is 2. The van der Waals surface area contributed by atoms with E-state index in [1.165, 1.54) is 0 Å². The summed E-state index contributed by atoms with van der Waals surface area (Å²) in [4.78, 5) is 12.5. The molecule has 1 aromatic heterocycles. The number of thiocarbonyl (C=S) groups is 2. The van der Waals surface area contributed by atoms with Gasteiger partial charge in [-0.15, -0.1) is 0 Å². The summed E-state index contributed by atoms with van der Waals surface area (Å²) >= 11 is 30.8. The van der Waals surface area contributed by atoms with Crippen LogP contribution in [-0.4, -0.2) is 23.6 Å². The van der Waals surface area contributed by atoms with Crippen molar-refractivity contribution in [1.82, 2.24) is 15.0 Å². The number of halogens is 3. The summed E-state index contributed by atoms with van der Waals surface area (Å²) < 4.78 is 0.903. The Morgan fingerprint density at radius 2 is 1.03 bits per heavy atom. The molecule has 0 fully saturated rings. The van der Waals surface area contributed by atoms with Crippen LogP contribution < -0.4 is 10.6 Å². The lowest BCUT2D eigenvalue weighted by Crippen LogP contribution is -2.08. The van der Waals surface area contributed by atoms with Crippen LogP contribution in [0, 0.1) is 0 Å². The van der Waals surface area contributed by atoms with Gasteiger partial charge in [-0.1, -0.05) is 47.6 Å². The normalized spacial score (nSPS) is 10.4. The molecule has 0 amide bonds. The van der Waals surface area contributed by atoms with E-state index in [-0.39, 0.29) is 5.28 Å². The molecule has 12 heteroatoms. The number of benzene rings is 2. The van der Waals surface area contributed by atoms with Crippen LogP contribution in [0.4, 0.5) is 11.4 Å². The van der Waals surface area contributed by atoms with Crippen LogP contribution in [0.2, 0.25) is 15.3 Å². The number of nitrogens with one attached hydrogen (secondary N) is 2. The summed E-state index contributed by atoms with van der Waals surface area (Å²) in [7, 11) is 0. The van der Waals surface area contributed by atoms with E-state index in [9.17, 15) is 0 Å². The van der Waals surface area contributed by atoms with Crippen LogP contribution >= 0.6 is 82.8 Å². The topological polar surface area (TPSA) is 62.7 Å². The molecular weight excluding hydrogens is 509 g/mol. The molecule has 5 nitrogen and oxygen atoms in total. The Balaban J connectivity index is 1.62. The van der Waals surface area contributed by atoms with Gasteiger partial charge in [-0.25, -0.2) is 0 Å². The van der Waals surface area contributed by atoms with Gasteiger partial charge in [0.2, 0.25) is 5.28 Å². The monoisotopic (exact) mass is 517 g/mol. The van der Waals surface area contributed by atoms with E-state index < -0.39 is 0 Å². The van der Waals surface area contributed by atoms with Gasteiger partial charge in [-0.05, 0) is 83.7 Å². The second-order valence-electron chi connectivity index (χ2n) is 5.21. The number of anilines is 2. The predicted molar refractivity (Wildman–Crippen MR) is 132 cm³/mol. The largest absolute Gasteiger partial charge is 0.341 e. The molecular formula is C17H10Cl3N5S4. The maximum atomic E-state index is 6.03. The number of rotatable bonds is 4. The zero-order valence-corrected chi connectivity index (χ0v) is 19.8. The number of hydrogen-bond acceptors (Lipinski definition) is 7. The van der Waals surface area contributed by atoms with E-state index in [4.69, 9.17) is 59.2 Å². The Morgan fingerprint density at radius 3 is 1.41 bits per heavy atom. The lowest BCUT2D eigenvalue weighted by atomic mass is 10.3. The highest BCUT2D eigenvalue weighted by atomic mass is 35.5. The lowest BCUT2D eigenvalue weighted by Gasteiger charge is -2.09. The second-order valence-corrected chi connectivity index (χ2v) is 9.71. The number of aromatic nitrogens is 3. The summed E-state index contributed by atoms with van der Waals surface area (Å²) in [5, 5.41) is 8.19. The Labute approximate surface area is 201 Å². The maximum Gasteiger partial charge on any atom is 0.227 e. The Kier molecular flexibility index (Phi) is 8.31. The molecule has 0 aliphatic carbocycles. The van der Waals surface area contributed by atoms with Crippen LogP contribution in [0.3, 0.4) is 0 Å². The van der Waals surface area contributed by atoms with Gasteiger partial charge >= 0.3 is 0 Å². The highest BCUT2D eigenvalue weighted by Gasteiger charge is 2.12. The highest BCUT2D eigenvalue weighted by Crippen LogP contribution is 2.24. The van der Waals surface area contributed by atoms with Crippen molar-refractivity contribution in [3.63, 3.8) is 0 Å². The molecule has 148 valence electrons. The molecule has 1 heterocycles. The Morgan fingerprint density at radius 1 is 0.655 bits per heavy atom. The Bertz CT molecular complexity index is 952. The number of nitrogens with zero attached hydrogens (tertiary/aromatic N) is 3. The SMILES string of the molecule is S=C(Nc1ccc(Cl)cc1)Sc1nc(Cl)nc(SC(=S)Nc2ccc(Cl)cc2)n1. The first-order valence-electron chi connectivity index (χ1n) is 7.78. The first kappa shape index (κ1) is 22.5. The van der Waals surface area contributed by atoms with Gasteiger partial charge in [0.1, 0.15) is 8.64 Å². The van der Waals surface area contributed by atoms with E-state index in [0.29, 0.717) is 29.0 Å². The van der Waals surface area contributed by atoms with Crippen molar-refractivity contribution >= 4 is 103 Å². The Hall–Kier alpha value is -1.20. The van der Waals surface area contributed by atoms with Gasteiger partial charge in [-0.3, -0.25) is 0 Å². The van der Waals surface area contributed by atoms with Crippen LogP contribution in [0.25, 0.3) is 0 Å². The van der Waals surface area contributed by atoms with Crippen LogP contribution in [0.1, 0.15) is 0 Å². The van der Waals surface area contributed by atoms with Crippen molar-refractivity contribution < 1.29 is 0 Å². The van der Waals surface area contributed by atoms with E-state index >= 15 is 0 Å². The summed E-state index contributed by atoms with van der Waals surface area (Å²) in [5.41, 5.74) is 1.60. The first-order chi connectivity index (χ1) is 13.9. The smallest absolute Gasteiger partial charge is 0.227 e. The van der Waals surface area contributed by atoms with E-state index in [1.807, 2.05) is 24.3 Å². The van der Waals surface area contributed by atoms with Gasteiger partial charge in [0.05, 0.1) is 0 Å². The molecule has 2 aromatic carbocycles. The van der Waals surface area contributed by atoms with Crippen molar-refractivity contribution in [3.05, 3.63) is 63.9 Å². The van der Waals surface area contributed by atoms with Crippen molar-refractivity contribution in [2.75, 3.05) is 10.6 Å². The molecule has 0 aliphatic heterocycles. The zero-order valence-electron chi connectivity index (χ0n) is 14.2. The van der Waals surface area contributed by atoms with Crippen molar-refractivity contribution in [1.29, 1.82) is 0 Å². The van der Waals surface area contributed by atoms with Crippen molar-refractivity contribution in [2.24, 2.45) is 0 Å². The van der Waals surface area contributed by atoms with Gasteiger partial charge < -0.3 is 10.6 Å². The van der Waals surface area contributed by atoms with E-state index in [1.54, 1.807) is 24.3 Å². The van der Waals surface area contributed by atoms with Gasteiger partial charge in [0, 0.05) is 21.4 Å². The molecule has 0 aliphatic rings. The highest BCUT2D eigenvalue weighted by molar-refractivity contribution is 8.23. The summed E-state index contributed by atoms with van der Waals surface area (Å²) in [6.07, 6.45) is 0. The lowest BCUT2D eigenvalue weighted by molar-refractivity contribution is 0.806. The summed E-state index contributed by atoms with van der Waals surface area (Å²) in [6.45, 7) is 0. The predicted octanol–water partition coefficient (Wildman–Crippen LogP) is 6.81. The molecule has 0 saturated heterocycles. The van der Waals surface area contributed by atoms with Gasteiger partial charge in [-0.2, -0.15) is 15.0 Å². The molecule has 0 unspecified atom stereocenters. The van der Waals surface area contributed by atoms with Crippen LogP contribution in [0.5, 0.6) is 0 Å².